The van der Waals surface area contributed by atoms with Crippen LogP contribution >= 0.6 is 0 Å². The van der Waals surface area contributed by atoms with Crippen molar-refractivity contribution in [3.05, 3.63) is 24.3 Å². The molecule has 0 amide bonds. The van der Waals surface area contributed by atoms with Crippen molar-refractivity contribution in [2.24, 2.45) is 0 Å². The van der Waals surface area contributed by atoms with Gasteiger partial charge in [-0.3, -0.25) is 14.4 Å². The highest BCUT2D eigenvalue weighted by molar-refractivity contribution is 6.16. The number of Topliss-reactive ketones (excluding diaryl/α,β-unsaturated/α-hetero) is 3. The molecule has 6 nitrogen and oxygen atoms in total. The minimum Gasteiger partial charge on any atom is -0.393 e. The lowest BCUT2D eigenvalue weighted by atomic mass is 9.71. The Morgan fingerprint density at radius 1 is 0.339 bits per heavy atom. The van der Waals surface area contributed by atoms with Gasteiger partial charge < -0.3 is 15.3 Å². The summed E-state index contributed by atoms with van der Waals surface area (Å²) in [6.07, 6.45) is 49.6. The number of unbranched alkanes of at least 4 members (excludes halogenated alkanes) is 32. The normalized spacial score (nSPS) is 14.0. The molecule has 0 saturated carbocycles. The van der Waals surface area contributed by atoms with Crippen LogP contribution in [0, 0.1) is 0 Å². The molecule has 0 bridgehead atoms. The van der Waals surface area contributed by atoms with E-state index < -0.39 is 35.2 Å². The lowest BCUT2D eigenvalue weighted by molar-refractivity contribution is -0.194. The Hall–Kier alpha value is -1.63. The fourth-order valence-electron chi connectivity index (χ4n) is 8.25. The molecule has 0 rings (SSSR count). The van der Waals surface area contributed by atoms with E-state index in [0.29, 0.717) is 19.3 Å². The predicted octanol–water partition coefficient (Wildman–Crippen LogP) is 14.9. The molecule has 0 spiro atoms. The summed E-state index contributed by atoms with van der Waals surface area (Å²) >= 11 is 0. The Balaban J connectivity index is 4.97. The van der Waals surface area contributed by atoms with Crippen LogP contribution in [-0.2, 0) is 14.4 Å². The van der Waals surface area contributed by atoms with Gasteiger partial charge >= 0.3 is 0 Å². The maximum Gasteiger partial charge on any atom is 0.219 e. The molecule has 0 aromatic rings. The predicted molar refractivity (Wildman–Crippen MR) is 252 cm³/mol. The molecule has 59 heavy (non-hydrogen) atoms. The van der Waals surface area contributed by atoms with Crippen molar-refractivity contribution in [2.45, 2.75) is 289 Å². The zero-order valence-corrected chi connectivity index (χ0v) is 39.4. The van der Waals surface area contributed by atoms with Gasteiger partial charge in [0.25, 0.3) is 0 Å². The summed E-state index contributed by atoms with van der Waals surface area (Å²) in [7, 11) is 0. The molecule has 0 heterocycles. The number of ketones is 3. The van der Waals surface area contributed by atoms with Gasteiger partial charge in [-0.15, -0.1) is 0 Å². The van der Waals surface area contributed by atoms with Crippen molar-refractivity contribution in [1.29, 1.82) is 0 Å². The molecule has 3 N–H and O–H groups in total. The monoisotopic (exact) mass is 831 g/mol. The largest absolute Gasteiger partial charge is 0.393 e. The van der Waals surface area contributed by atoms with Gasteiger partial charge in [-0.05, 0) is 70.6 Å². The van der Waals surface area contributed by atoms with E-state index in [1.807, 2.05) is 0 Å². The molecule has 0 aromatic heterocycles. The van der Waals surface area contributed by atoms with Crippen LogP contribution in [0.25, 0.3) is 0 Å². The van der Waals surface area contributed by atoms with Crippen molar-refractivity contribution >= 4 is 17.3 Å². The zero-order chi connectivity index (χ0) is 43.6. The molecule has 0 aliphatic carbocycles. The van der Waals surface area contributed by atoms with Crippen LogP contribution < -0.4 is 0 Å². The first kappa shape index (κ1) is 57.4. The molecule has 0 aliphatic heterocycles. The minimum absolute atomic E-state index is 0.0842. The SMILES string of the molecule is CCCCCC/C=C/CCCCCCCCCC(=O)C(O)(C(=O)CCCCCCC/C=C\CCCCCCCC)C(O)(CO)C(=O)CCCCCCCCCCCCC. The van der Waals surface area contributed by atoms with Gasteiger partial charge in [-0.25, -0.2) is 0 Å². The van der Waals surface area contributed by atoms with Crippen molar-refractivity contribution in [3.8, 4) is 0 Å². The lowest BCUT2D eigenvalue weighted by Gasteiger charge is -2.39. The van der Waals surface area contributed by atoms with Gasteiger partial charge in [0.2, 0.25) is 5.60 Å². The number of hydrogen-bond acceptors (Lipinski definition) is 6. The number of hydrogen-bond donors (Lipinski definition) is 3. The fourth-order valence-corrected chi connectivity index (χ4v) is 8.25. The first-order valence-electron chi connectivity index (χ1n) is 25.7. The second-order valence-electron chi connectivity index (χ2n) is 18.0. The number of aliphatic hydroxyl groups is 3. The highest BCUT2D eigenvalue weighted by Crippen LogP contribution is 2.32. The van der Waals surface area contributed by atoms with Crippen LogP contribution in [0.2, 0.25) is 0 Å². The Kier molecular flexibility index (Phi) is 40.6. The summed E-state index contributed by atoms with van der Waals surface area (Å²) in [5.74, 6) is -2.48. The van der Waals surface area contributed by atoms with Crippen LogP contribution in [0.5, 0.6) is 0 Å². The number of aliphatic hydroxyl groups excluding tert-OH is 1. The molecule has 346 valence electrons. The summed E-state index contributed by atoms with van der Waals surface area (Å²) < 4.78 is 0. The van der Waals surface area contributed by atoms with E-state index in [9.17, 15) is 29.7 Å². The molecule has 0 fully saturated rings. The molecular formula is C53H98O6. The van der Waals surface area contributed by atoms with E-state index >= 15 is 0 Å². The summed E-state index contributed by atoms with van der Waals surface area (Å²) in [6.45, 7) is 5.56. The third kappa shape index (κ3) is 29.3. The quantitative estimate of drug-likeness (QED) is 0.0320. The van der Waals surface area contributed by atoms with Gasteiger partial charge in [0.05, 0.1) is 6.61 Å². The Labute approximate surface area is 365 Å². The van der Waals surface area contributed by atoms with Crippen molar-refractivity contribution in [1.82, 2.24) is 0 Å². The Morgan fingerprint density at radius 2 is 0.559 bits per heavy atom. The highest BCUT2D eigenvalue weighted by atomic mass is 16.4. The average Bonchev–Trinajstić information content (AvgIpc) is 3.24. The smallest absolute Gasteiger partial charge is 0.219 e. The van der Waals surface area contributed by atoms with Gasteiger partial charge in [0.15, 0.2) is 23.0 Å². The van der Waals surface area contributed by atoms with Crippen LogP contribution in [0.4, 0.5) is 0 Å². The van der Waals surface area contributed by atoms with Crippen molar-refractivity contribution in [3.63, 3.8) is 0 Å². The summed E-state index contributed by atoms with van der Waals surface area (Å²) in [6, 6.07) is 0. The first-order chi connectivity index (χ1) is 28.8. The summed E-state index contributed by atoms with van der Waals surface area (Å²) in [5.41, 5.74) is -5.76. The molecule has 0 aliphatic rings. The molecule has 2 atom stereocenters. The van der Waals surface area contributed by atoms with Crippen LogP contribution in [0.1, 0.15) is 278 Å². The maximum absolute atomic E-state index is 13.8. The van der Waals surface area contributed by atoms with Gasteiger partial charge in [-0.1, -0.05) is 212 Å². The number of carbonyl (C=O) groups is 3. The zero-order valence-electron chi connectivity index (χ0n) is 39.4. The molecule has 6 heteroatoms. The van der Waals surface area contributed by atoms with Crippen LogP contribution in [0.3, 0.4) is 0 Å². The van der Waals surface area contributed by atoms with Crippen molar-refractivity contribution in [2.75, 3.05) is 6.61 Å². The number of carbonyl (C=O) groups excluding carboxylic acids is 3. The summed E-state index contributed by atoms with van der Waals surface area (Å²) in [4.78, 5) is 41.1. The second kappa shape index (κ2) is 41.7. The van der Waals surface area contributed by atoms with E-state index in [0.717, 1.165) is 96.3 Å². The van der Waals surface area contributed by atoms with E-state index in [4.69, 9.17) is 0 Å². The van der Waals surface area contributed by atoms with Crippen LogP contribution in [-0.4, -0.2) is 50.5 Å². The van der Waals surface area contributed by atoms with Crippen LogP contribution in [0.15, 0.2) is 24.3 Å². The third-order valence-electron chi connectivity index (χ3n) is 12.4. The lowest BCUT2D eigenvalue weighted by Crippen LogP contribution is -2.69. The van der Waals surface area contributed by atoms with Gasteiger partial charge in [0, 0.05) is 19.3 Å². The molecule has 0 aromatic carbocycles. The van der Waals surface area contributed by atoms with E-state index in [1.54, 1.807) is 0 Å². The molecule has 0 saturated heterocycles. The Bertz CT molecular complexity index is 1040. The molecule has 2 unspecified atom stereocenters. The topological polar surface area (TPSA) is 112 Å². The second-order valence-corrected chi connectivity index (χ2v) is 18.0. The maximum atomic E-state index is 13.8. The third-order valence-corrected chi connectivity index (χ3v) is 12.4. The van der Waals surface area contributed by atoms with Gasteiger partial charge in [-0.2, -0.15) is 0 Å². The number of allylic oxidation sites excluding steroid dienone is 4. The average molecular weight is 831 g/mol. The highest BCUT2D eigenvalue weighted by Gasteiger charge is 2.62. The van der Waals surface area contributed by atoms with E-state index in [1.165, 1.54) is 122 Å². The minimum atomic E-state index is -2.93. The molecule has 0 radical (unpaired) electrons. The van der Waals surface area contributed by atoms with Gasteiger partial charge in [0.1, 0.15) is 0 Å². The number of rotatable bonds is 47. The van der Waals surface area contributed by atoms with E-state index in [-0.39, 0.29) is 19.3 Å². The fraction of sp³-hybridized carbons (Fsp3) is 0.868. The molecular weight excluding hydrogens is 733 g/mol. The standard InChI is InChI=1S/C53H98O6/c1-4-7-10-13-16-19-22-24-26-28-31-34-37-40-43-46-50(56)53(59,51(57)47-44-41-38-35-32-29-27-25-23-20-17-14-11-8-5-2)52(58,48-54)49(55)45-42-39-36-33-30-21-18-15-12-9-6-3/h19,22,25,27,54,58-59H,4-18,20-21,23-24,26,28-48H2,1-3H3/b22-19+,27-25-. The van der Waals surface area contributed by atoms with Crippen molar-refractivity contribution < 1.29 is 29.7 Å². The first-order valence-corrected chi connectivity index (χ1v) is 25.7. The Morgan fingerprint density at radius 3 is 0.831 bits per heavy atom. The van der Waals surface area contributed by atoms with E-state index in [2.05, 4.69) is 45.1 Å². The summed E-state index contributed by atoms with van der Waals surface area (Å²) in [5, 5.41) is 34.0.